The summed E-state index contributed by atoms with van der Waals surface area (Å²) in [5.41, 5.74) is 0.769. The smallest absolute Gasteiger partial charge is 0.233 e. The van der Waals surface area contributed by atoms with E-state index in [1.165, 1.54) is 0 Å². The van der Waals surface area contributed by atoms with Gasteiger partial charge in [-0.25, -0.2) is 0 Å². The predicted octanol–water partition coefficient (Wildman–Crippen LogP) is 2.16. The minimum absolute atomic E-state index is 0.00468. The van der Waals surface area contributed by atoms with Crippen LogP contribution in [0, 0.1) is 5.92 Å². The molecule has 8 heteroatoms. The molecule has 0 aliphatic carbocycles. The molecule has 1 aromatic carbocycles. The quantitative estimate of drug-likeness (QED) is 0.804. The van der Waals surface area contributed by atoms with Gasteiger partial charge in [0.1, 0.15) is 6.10 Å². The summed E-state index contributed by atoms with van der Waals surface area (Å²) in [6.45, 7) is 1.52. The number of amides is 2. The zero-order valence-corrected chi connectivity index (χ0v) is 15.4. The number of carbonyl (C=O) groups excluding carboxylic acids is 2. The van der Waals surface area contributed by atoms with Crippen molar-refractivity contribution in [2.45, 2.75) is 18.9 Å². The van der Waals surface area contributed by atoms with Gasteiger partial charge in [0.2, 0.25) is 17.7 Å². The van der Waals surface area contributed by atoms with Gasteiger partial charge in [-0.2, -0.15) is 5.10 Å². The first kappa shape index (κ1) is 17.7. The Labute approximate surface area is 161 Å². The summed E-state index contributed by atoms with van der Waals surface area (Å²) >= 11 is 5.91. The first-order valence-electron chi connectivity index (χ1n) is 8.89. The Balaban J connectivity index is 1.36. The lowest BCUT2D eigenvalue weighted by Crippen LogP contribution is -2.37. The fourth-order valence-electron chi connectivity index (χ4n) is 3.55. The monoisotopic (exact) mass is 386 g/mol. The topological polar surface area (TPSA) is 75.6 Å². The van der Waals surface area contributed by atoms with Crippen molar-refractivity contribution in [3.05, 3.63) is 47.6 Å². The van der Waals surface area contributed by atoms with Gasteiger partial charge in [-0.05, 0) is 30.3 Å². The molecule has 140 valence electrons. The predicted molar refractivity (Wildman–Crippen MR) is 99.6 cm³/mol. The number of aromatic nitrogens is 2. The van der Waals surface area contributed by atoms with Crippen molar-refractivity contribution in [3.8, 4) is 5.88 Å². The largest absolute Gasteiger partial charge is 0.471 e. The molecule has 2 aliphatic rings. The molecule has 2 aromatic rings. The van der Waals surface area contributed by atoms with Crippen LogP contribution in [-0.2, 0) is 9.59 Å². The minimum Gasteiger partial charge on any atom is -0.471 e. The third kappa shape index (κ3) is 3.88. The average Bonchev–Trinajstić information content (AvgIpc) is 3.30. The second-order valence-electron chi connectivity index (χ2n) is 6.76. The molecule has 2 amide bonds. The average molecular weight is 387 g/mol. The molecule has 0 unspecified atom stereocenters. The number of rotatable bonds is 4. The van der Waals surface area contributed by atoms with E-state index < -0.39 is 0 Å². The van der Waals surface area contributed by atoms with E-state index in [1.807, 2.05) is 0 Å². The van der Waals surface area contributed by atoms with Crippen LogP contribution < -0.4 is 9.64 Å². The van der Waals surface area contributed by atoms with Crippen LogP contribution in [-0.4, -0.2) is 52.6 Å². The van der Waals surface area contributed by atoms with Crippen LogP contribution in [0.15, 0.2) is 42.6 Å². The molecule has 7 nitrogen and oxygen atoms in total. The van der Waals surface area contributed by atoms with Gasteiger partial charge in [-0.15, -0.1) is 5.10 Å². The summed E-state index contributed by atoms with van der Waals surface area (Å²) in [4.78, 5) is 28.7. The molecule has 4 rings (SSSR count). The number of ether oxygens (including phenoxy) is 1. The maximum atomic E-state index is 12.9. The highest BCUT2D eigenvalue weighted by Gasteiger charge is 2.39. The van der Waals surface area contributed by atoms with Gasteiger partial charge in [-0.1, -0.05) is 11.6 Å². The number of anilines is 1. The van der Waals surface area contributed by atoms with Crippen LogP contribution in [0.2, 0.25) is 5.02 Å². The lowest BCUT2D eigenvalue weighted by atomic mass is 10.1. The second kappa shape index (κ2) is 7.52. The maximum absolute atomic E-state index is 12.9. The molecule has 2 fully saturated rings. The highest BCUT2D eigenvalue weighted by Crippen LogP contribution is 2.28. The van der Waals surface area contributed by atoms with Gasteiger partial charge >= 0.3 is 0 Å². The Kier molecular flexibility index (Phi) is 4.94. The van der Waals surface area contributed by atoms with Crippen molar-refractivity contribution in [1.82, 2.24) is 15.1 Å². The number of carbonyl (C=O) groups is 2. The fraction of sp³-hybridized carbons (Fsp3) is 0.368. The summed E-state index contributed by atoms with van der Waals surface area (Å²) < 4.78 is 5.78. The van der Waals surface area contributed by atoms with Crippen molar-refractivity contribution in [3.63, 3.8) is 0 Å². The second-order valence-corrected chi connectivity index (χ2v) is 7.19. The number of hydrogen-bond donors (Lipinski definition) is 0. The SMILES string of the molecule is O=C([C@@H]1CC(=O)N(c2ccc(Cl)cc2)C1)N1CC[C@H](Oc2cccnn2)C1. The number of nitrogens with zero attached hydrogens (tertiary/aromatic N) is 4. The van der Waals surface area contributed by atoms with Gasteiger partial charge in [0.05, 0.1) is 12.5 Å². The van der Waals surface area contributed by atoms with E-state index in [4.69, 9.17) is 16.3 Å². The summed E-state index contributed by atoms with van der Waals surface area (Å²) in [6, 6.07) is 10.6. The Morgan fingerprint density at radius 2 is 2.00 bits per heavy atom. The number of hydrogen-bond acceptors (Lipinski definition) is 5. The Morgan fingerprint density at radius 1 is 1.19 bits per heavy atom. The van der Waals surface area contributed by atoms with Crippen LogP contribution in [0.5, 0.6) is 5.88 Å². The molecule has 0 saturated carbocycles. The molecule has 1 aromatic heterocycles. The van der Waals surface area contributed by atoms with Crippen LogP contribution in [0.3, 0.4) is 0 Å². The molecule has 2 aliphatic heterocycles. The number of halogens is 1. The Morgan fingerprint density at radius 3 is 2.74 bits per heavy atom. The zero-order valence-electron chi connectivity index (χ0n) is 14.6. The molecule has 2 saturated heterocycles. The zero-order chi connectivity index (χ0) is 18.8. The van der Waals surface area contributed by atoms with Gasteiger partial charge in [0, 0.05) is 48.9 Å². The number of benzene rings is 1. The highest BCUT2D eigenvalue weighted by molar-refractivity contribution is 6.30. The highest BCUT2D eigenvalue weighted by atomic mass is 35.5. The van der Waals surface area contributed by atoms with E-state index in [1.54, 1.807) is 52.4 Å². The first-order valence-corrected chi connectivity index (χ1v) is 9.27. The van der Waals surface area contributed by atoms with E-state index in [-0.39, 0.29) is 30.3 Å². The Bertz CT molecular complexity index is 831. The molecule has 3 heterocycles. The Hall–Kier alpha value is -2.67. The summed E-state index contributed by atoms with van der Waals surface area (Å²) in [5.74, 6) is 0.0949. The van der Waals surface area contributed by atoms with Crippen molar-refractivity contribution in [2.75, 3.05) is 24.5 Å². The third-order valence-electron chi connectivity index (χ3n) is 4.90. The fourth-order valence-corrected chi connectivity index (χ4v) is 3.67. The first-order chi connectivity index (χ1) is 13.1. The molecule has 0 bridgehead atoms. The van der Waals surface area contributed by atoms with Gasteiger partial charge < -0.3 is 14.5 Å². The van der Waals surface area contributed by atoms with E-state index in [2.05, 4.69) is 10.2 Å². The molecule has 0 radical (unpaired) electrons. The summed E-state index contributed by atoms with van der Waals surface area (Å²) in [5, 5.41) is 8.32. The lowest BCUT2D eigenvalue weighted by molar-refractivity contribution is -0.135. The normalized spacial score (nSPS) is 22.3. The van der Waals surface area contributed by atoms with Crippen molar-refractivity contribution in [1.29, 1.82) is 0 Å². The van der Waals surface area contributed by atoms with Crippen LogP contribution in [0.25, 0.3) is 0 Å². The summed E-state index contributed by atoms with van der Waals surface area (Å²) in [6.07, 6.45) is 2.45. The van der Waals surface area contributed by atoms with Crippen molar-refractivity contribution < 1.29 is 14.3 Å². The van der Waals surface area contributed by atoms with Crippen molar-refractivity contribution in [2.24, 2.45) is 5.92 Å². The van der Waals surface area contributed by atoms with E-state index >= 15 is 0 Å². The van der Waals surface area contributed by atoms with E-state index in [9.17, 15) is 9.59 Å². The van der Waals surface area contributed by atoms with Crippen LogP contribution >= 0.6 is 11.6 Å². The molecular formula is C19H19ClN4O3. The molecular weight excluding hydrogens is 368 g/mol. The van der Waals surface area contributed by atoms with Crippen LogP contribution in [0.4, 0.5) is 5.69 Å². The molecule has 0 spiro atoms. The summed E-state index contributed by atoms with van der Waals surface area (Å²) in [7, 11) is 0. The maximum Gasteiger partial charge on any atom is 0.233 e. The van der Waals surface area contributed by atoms with Gasteiger partial charge in [-0.3, -0.25) is 9.59 Å². The van der Waals surface area contributed by atoms with Gasteiger partial charge in [0.15, 0.2) is 0 Å². The number of likely N-dealkylation sites (tertiary alicyclic amines) is 1. The molecule has 27 heavy (non-hydrogen) atoms. The minimum atomic E-state index is -0.330. The lowest BCUT2D eigenvalue weighted by Gasteiger charge is -2.21. The van der Waals surface area contributed by atoms with Crippen LogP contribution in [0.1, 0.15) is 12.8 Å². The third-order valence-corrected chi connectivity index (χ3v) is 5.16. The van der Waals surface area contributed by atoms with E-state index in [0.29, 0.717) is 30.5 Å². The van der Waals surface area contributed by atoms with E-state index in [0.717, 1.165) is 12.1 Å². The van der Waals surface area contributed by atoms with Crippen molar-refractivity contribution >= 4 is 29.1 Å². The standard InChI is InChI=1S/C19H19ClN4O3/c20-14-3-5-15(6-4-14)24-11-13(10-18(24)25)19(26)23-9-7-16(12-23)27-17-2-1-8-21-22-17/h1-6,8,13,16H,7,9-12H2/t13-,16+/m1/s1. The molecule has 0 N–H and O–H groups in total. The molecule has 2 atom stereocenters. The van der Waals surface area contributed by atoms with Gasteiger partial charge in [0.25, 0.3) is 0 Å².